The van der Waals surface area contributed by atoms with Crippen LogP contribution in [-0.4, -0.2) is 24.8 Å². The monoisotopic (exact) mass is 457 g/mol. The molecule has 2 heteroatoms. The van der Waals surface area contributed by atoms with Gasteiger partial charge in [-0.3, -0.25) is 0 Å². The number of hydrogen-bond donors (Lipinski definition) is 1. The average Bonchev–Trinajstić information content (AvgIpc) is 3.34. The van der Waals surface area contributed by atoms with E-state index in [0.29, 0.717) is 23.2 Å². The van der Waals surface area contributed by atoms with E-state index < -0.39 is 0 Å². The predicted molar refractivity (Wildman–Crippen MR) is 142 cm³/mol. The van der Waals surface area contributed by atoms with Gasteiger partial charge in [0.05, 0.1) is 11.2 Å². The molecule has 1 unspecified atom stereocenters. The first-order valence-corrected chi connectivity index (χ1v) is 13.9. The van der Waals surface area contributed by atoms with Crippen LogP contribution in [0.15, 0.2) is 53.6 Å². The van der Waals surface area contributed by atoms with Crippen LogP contribution < -0.4 is 5.32 Å². The van der Waals surface area contributed by atoms with Gasteiger partial charge in [0, 0.05) is 0 Å². The Labute approximate surface area is 206 Å². The zero-order valence-electron chi connectivity index (χ0n) is 21.7. The fourth-order valence-electron chi connectivity index (χ4n) is 9.08. The molecule has 6 rings (SSSR count). The van der Waals surface area contributed by atoms with E-state index in [1.807, 2.05) is 0 Å². The van der Waals surface area contributed by atoms with Crippen LogP contribution >= 0.6 is 0 Å². The minimum Gasteiger partial charge on any atom is -0.359 e. The van der Waals surface area contributed by atoms with E-state index in [1.54, 1.807) is 5.57 Å². The highest BCUT2D eigenvalue weighted by Crippen LogP contribution is 2.69. The first-order valence-electron chi connectivity index (χ1n) is 13.9. The molecule has 1 aromatic rings. The Morgan fingerprint density at radius 1 is 1.18 bits per heavy atom. The van der Waals surface area contributed by atoms with E-state index in [4.69, 9.17) is 4.74 Å². The Bertz CT molecular complexity index is 1050. The molecule has 1 saturated heterocycles. The maximum Gasteiger partial charge on any atom is 0.0944 e. The molecule has 2 nitrogen and oxygen atoms in total. The van der Waals surface area contributed by atoms with E-state index in [2.05, 4.69) is 81.7 Å². The van der Waals surface area contributed by atoms with Gasteiger partial charge in [-0.1, -0.05) is 62.4 Å². The van der Waals surface area contributed by atoms with Crippen LogP contribution in [0.3, 0.4) is 0 Å². The van der Waals surface area contributed by atoms with Crippen LogP contribution in [0.4, 0.5) is 0 Å². The van der Waals surface area contributed by atoms with Crippen molar-refractivity contribution in [1.82, 2.24) is 5.32 Å². The second kappa shape index (κ2) is 8.20. The topological polar surface area (TPSA) is 21.3 Å². The Morgan fingerprint density at radius 3 is 2.85 bits per heavy atom. The number of benzene rings is 1. The second-order valence-electron chi connectivity index (χ2n) is 12.5. The summed E-state index contributed by atoms with van der Waals surface area (Å²) in [6, 6.07) is 8.76. The molecule has 1 N–H and O–H groups in total. The maximum absolute atomic E-state index is 7.43. The Kier molecular flexibility index (Phi) is 5.50. The van der Waals surface area contributed by atoms with Crippen molar-refractivity contribution >= 4 is 6.08 Å². The maximum atomic E-state index is 7.43. The zero-order chi connectivity index (χ0) is 23.6. The van der Waals surface area contributed by atoms with Crippen LogP contribution in [0.5, 0.6) is 0 Å². The summed E-state index contributed by atoms with van der Waals surface area (Å²) in [5, 5.41) is 3.42. The molecule has 34 heavy (non-hydrogen) atoms. The molecule has 0 amide bonds. The van der Waals surface area contributed by atoms with E-state index >= 15 is 0 Å². The molecule has 5 aliphatic rings. The number of nitrogens with one attached hydrogen (secondary N) is 1. The lowest BCUT2D eigenvalue weighted by Crippen LogP contribution is -2.55. The van der Waals surface area contributed by atoms with Gasteiger partial charge >= 0.3 is 0 Å². The molecule has 0 radical (unpaired) electrons. The highest BCUT2D eigenvalue weighted by Gasteiger charge is 2.67. The predicted octanol–water partition coefficient (Wildman–Crippen LogP) is 7.25. The summed E-state index contributed by atoms with van der Waals surface area (Å²) in [5.74, 6) is 2.72. The highest BCUT2D eigenvalue weighted by atomic mass is 16.5. The normalized spacial score (nSPS) is 41.5. The third kappa shape index (κ3) is 3.28. The van der Waals surface area contributed by atoms with E-state index in [-0.39, 0.29) is 11.2 Å². The molecular weight excluding hydrogens is 414 g/mol. The van der Waals surface area contributed by atoms with E-state index in [9.17, 15) is 0 Å². The van der Waals surface area contributed by atoms with E-state index in [1.165, 1.54) is 68.1 Å². The number of fused-ring (bicyclic) bond motifs is 1. The Hall–Kier alpha value is -1.64. The molecule has 2 heterocycles. The van der Waals surface area contributed by atoms with Gasteiger partial charge in [0.25, 0.3) is 0 Å². The third-order valence-electron chi connectivity index (χ3n) is 10.8. The smallest absolute Gasteiger partial charge is 0.0944 e. The van der Waals surface area contributed by atoms with Gasteiger partial charge in [0.15, 0.2) is 0 Å². The minimum atomic E-state index is -0.00401. The molecule has 3 aliphatic carbocycles. The molecule has 1 aromatic carbocycles. The van der Waals surface area contributed by atoms with Crippen LogP contribution in [0, 0.1) is 36.0 Å². The van der Waals surface area contributed by atoms with Crippen molar-refractivity contribution in [3.63, 3.8) is 0 Å². The minimum absolute atomic E-state index is 0.00401. The largest absolute Gasteiger partial charge is 0.359 e. The van der Waals surface area contributed by atoms with Crippen molar-refractivity contribution in [2.45, 2.75) is 83.3 Å². The third-order valence-corrected chi connectivity index (χ3v) is 10.8. The van der Waals surface area contributed by atoms with Gasteiger partial charge in [0.1, 0.15) is 0 Å². The lowest BCUT2D eigenvalue weighted by atomic mass is 9.55. The second-order valence-corrected chi connectivity index (χ2v) is 12.5. The van der Waals surface area contributed by atoms with Gasteiger partial charge in [-0.15, -0.1) is 0 Å². The molecule has 2 spiro atoms. The summed E-state index contributed by atoms with van der Waals surface area (Å²) in [7, 11) is 2.09. The quantitative estimate of drug-likeness (QED) is 0.502. The summed E-state index contributed by atoms with van der Waals surface area (Å²) in [5.41, 5.74) is 6.28. The van der Waals surface area contributed by atoms with Crippen molar-refractivity contribution in [3.8, 4) is 0 Å². The van der Waals surface area contributed by atoms with Gasteiger partial charge in [-0.2, -0.15) is 0 Å². The highest BCUT2D eigenvalue weighted by molar-refractivity contribution is 5.53. The molecule has 3 fully saturated rings. The first kappa shape index (κ1) is 22.8. The lowest BCUT2D eigenvalue weighted by Gasteiger charge is -2.56. The number of ether oxygens (including phenoxy) is 1. The number of allylic oxidation sites excluding steroid dienone is 2. The standard InChI is InChI=1S/C32H43NO/c1-22-7-5-6-8-25(22)11-9-23(2)28-13-14-29-30(28,3)16-15-27-19-26-12-10-24(21-33-4)20-31(26)17-18-32(27,29)34-31/h5-9,11-12,19,23-24,28-29,33H,10,13-18,20-21H2,1-4H3/b11-9+/t23?,24-,28-,29-,30-,31-,32-/m1/s1. The van der Waals surface area contributed by atoms with Crippen LogP contribution in [0.2, 0.25) is 0 Å². The SMILES string of the molecule is CNC[C@@H]1CC=C2C=C3CC[C@]4(C)[C@@H](C(C)/C=C/c5ccccc5C)CC[C@H]4[C@@]34CC[C@]2(C1)O4. The van der Waals surface area contributed by atoms with Crippen LogP contribution in [0.25, 0.3) is 6.08 Å². The van der Waals surface area contributed by atoms with Crippen LogP contribution in [0.1, 0.15) is 76.3 Å². The van der Waals surface area contributed by atoms with E-state index in [0.717, 1.165) is 12.5 Å². The van der Waals surface area contributed by atoms with Crippen molar-refractivity contribution in [2.24, 2.45) is 29.1 Å². The molecule has 182 valence electrons. The number of aryl methyl sites for hydroxylation is 1. The molecule has 2 saturated carbocycles. The lowest BCUT2D eigenvalue weighted by molar-refractivity contribution is -0.148. The number of rotatable bonds is 5. The molecule has 0 aromatic heterocycles. The van der Waals surface area contributed by atoms with Crippen molar-refractivity contribution < 1.29 is 4.74 Å². The summed E-state index contributed by atoms with van der Waals surface area (Å²) < 4.78 is 7.43. The fraction of sp³-hybridized carbons (Fsp3) is 0.625. The van der Waals surface area contributed by atoms with Crippen molar-refractivity contribution in [1.29, 1.82) is 0 Å². The average molecular weight is 458 g/mol. The van der Waals surface area contributed by atoms with Gasteiger partial charge in [-0.05, 0) is 123 Å². The Morgan fingerprint density at radius 2 is 2.03 bits per heavy atom. The summed E-state index contributed by atoms with van der Waals surface area (Å²) in [4.78, 5) is 0. The molecule has 2 bridgehead atoms. The zero-order valence-corrected chi connectivity index (χ0v) is 21.7. The summed E-state index contributed by atoms with van der Waals surface area (Å²) in [6.07, 6.45) is 20.1. The fourth-order valence-corrected chi connectivity index (χ4v) is 9.08. The van der Waals surface area contributed by atoms with Gasteiger partial charge < -0.3 is 10.1 Å². The van der Waals surface area contributed by atoms with Crippen LogP contribution in [-0.2, 0) is 4.74 Å². The molecular formula is C32H43NO. The molecule has 7 atom stereocenters. The van der Waals surface area contributed by atoms with Crippen molar-refractivity contribution in [2.75, 3.05) is 13.6 Å². The first-order chi connectivity index (χ1) is 16.4. The summed E-state index contributed by atoms with van der Waals surface area (Å²) in [6.45, 7) is 8.42. The van der Waals surface area contributed by atoms with Gasteiger partial charge in [0.2, 0.25) is 0 Å². The van der Waals surface area contributed by atoms with Gasteiger partial charge in [-0.25, -0.2) is 0 Å². The molecule has 2 aliphatic heterocycles. The summed E-state index contributed by atoms with van der Waals surface area (Å²) >= 11 is 0. The Balaban J connectivity index is 1.28. The number of hydrogen-bond acceptors (Lipinski definition) is 2. The van der Waals surface area contributed by atoms with Crippen molar-refractivity contribution in [3.05, 3.63) is 64.8 Å².